The first-order valence-corrected chi connectivity index (χ1v) is 7.38. The number of alkyl halides is 3. The number of rotatable bonds is 2. The molecule has 1 unspecified atom stereocenters. The van der Waals surface area contributed by atoms with Crippen LogP contribution in [0.4, 0.5) is 17.6 Å². The SMILES string of the molecule is OC(c1cnc(C(F)(F)F)s1)c1cc2cc(F)ccc2s1. The Morgan fingerprint density at radius 1 is 1.10 bits per heavy atom. The van der Waals surface area contributed by atoms with E-state index >= 15 is 0 Å². The molecule has 3 aromatic rings. The number of fused-ring (bicyclic) bond motifs is 1. The molecule has 8 heteroatoms. The van der Waals surface area contributed by atoms with Crippen LogP contribution in [0.15, 0.2) is 30.5 Å². The second kappa shape index (κ2) is 5.04. The van der Waals surface area contributed by atoms with Crippen LogP contribution in [-0.4, -0.2) is 10.1 Å². The Kier molecular flexibility index (Phi) is 3.46. The van der Waals surface area contributed by atoms with Crippen molar-refractivity contribution >= 4 is 32.8 Å². The molecule has 2 nitrogen and oxygen atoms in total. The number of benzene rings is 1. The zero-order valence-electron chi connectivity index (χ0n) is 10.2. The summed E-state index contributed by atoms with van der Waals surface area (Å²) in [6.45, 7) is 0. The third kappa shape index (κ3) is 2.78. The molecule has 110 valence electrons. The summed E-state index contributed by atoms with van der Waals surface area (Å²) < 4.78 is 51.4. The van der Waals surface area contributed by atoms with Gasteiger partial charge in [0.05, 0.1) is 4.88 Å². The highest BCUT2D eigenvalue weighted by Gasteiger charge is 2.35. The Morgan fingerprint density at radius 3 is 2.52 bits per heavy atom. The zero-order chi connectivity index (χ0) is 15.2. The maximum absolute atomic E-state index is 13.1. The highest BCUT2D eigenvalue weighted by molar-refractivity contribution is 7.19. The van der Waals surface area contributed by atoms with E-state index in [1.165, 1.54) is 23.5 Å². The molecule has 2 heterocycles. The lowest BCUT2D eigenvalue weighted by Crippen LogP contribution is -2.03. The van der Waals surface area contributed by atoms with Crippen LogP contribution in [-0.2, 0) is 6.18 Å². The number of nitrogens with zero attached hydrogens (tertiary/aromatic N) is 1. The van der Waals surface area contributed by atoms with Gasteiger partial charge in [-0.25, -0.2) is 9.37 Å². The maximum Gasteiger partial charge on any atom is 0.443 e. The van der Waals surface area contributed by atoms with E-state index in [0.717, 1.165) is 10.9 Å². The van der Waals surface area contributed by atoms with Crippen molar-refractivity contribution < 1.29 is 22.7 Å². The number of halogens is 4. The number of hydrogen-bond donors (Lipinski definition) is 1. The van der Waals surface area contributed by atoms with Gasteiger partial charge >= 0.3 is 6.18 Å². The summed E-state index contributed by atoms with van der Waals surface area (Å²) in [5, 5.41) is 9.77. The molecule has 0 saturated heterocycles. The standard InChI is InChI=1S/C13H7F4NOS2/c14-7-1-2-8-6(3-7)4-9(20-8)11(19)10-5-18-12(21-10)13(15,16)17/h1-5,11,19H. The van der Waals surface area contributed by atoms with Gasteiger partial charge < -0.3 is 5.11 Å². The first kappa shape index (κ1) is 14.4. The first-order chi connectivity index (χ1) is 9.84. The van der Waals surface area contributed by atoms with Crippen LogP contribution >= 0.6 is 22.7 Å². The van der Waals surface area contributed by atoms with Gasteiger partial charge in [0.1, 0.15) is 11.9 Å². The van der Waals surface area contributed by atoms with Crippen LogP contribution in [0.2, 0.25) is 0 Å². The van der Waals surface area contributed by atoms with Crippen molar-refractivity contribution in [2.24, 2.45) is 0 Å². The molecular weight excluding hydrogens is 326 g/mol. The Labute approximate surface area is 124 Å². The molecule has 3 rings (SSSR count). The first-order valence-electron chi connectivity index (χ1n) is 5.74. The normalized spacial score (nSPS) is 13.8. The van der Waals surface area contributed by atoms with E-state index in [-0.39, 0.29) is 4.88 Å². The summed E-state index contributed by atoms with van der Waals surface area (Å²) in [7, 11) is 0. The predicted molar refractivity (Wildman–Crippen MR) is 73.0 cm³/mol. The van der Waals surface area contributed by atoms with Crippen molar-refractivity contribution in [3.05, 3.63) is 51.0 Å². The number of aliphatic hydroxyl groups excluding tert-OH is 1. The lowest BCUT2D eigenvalue weighted by Gasteiger charge is -2.04. The molecule has 0 saturated carbocycles. The minimum absolute atomic E-state index is 0.106. The highest BCUT2D eigenvalue weighted by Crippen LogP contribution is 2.38. The number of aromatic nitrogens is 1. The van der Waals surface area contributed by atoms with E-state index < -0.39 is 23.1 Å². The topological polar surface area (TPSA) is 33.1 Å². The predicted octanol–water partition coefficient (Wildman–Crippen LogP) is 4.60. The minimum Gasteiger partial charge on any atom is -0.382 e. The molecule has 0 aliphatic heterocycles. The molecule has 0 aliphatic carbocycles. The lowest BCUT2D eigenvalue weighted by molar-refractivity contribution is -0.137. The number of hydrogen-bond acceptors (Lipinski definition) is 4. The molecular formula is C13H7F4NOS2. The monoisotopic (exact) mass is 333 g/mol. The van der Waals surface area contributed by atoms with E-state index in [9.17, 15) is 22.7 Å². The molecule has 0 radical (unpaired) electrons. The summed E-state index contributed by atoms with van der Waals surface area (Å²) in [4.78, 5) is 3.84. The van der Waals surface area contributed by atoms with Crippen LogP contribution in [0.5, 0.6) is 0 Å². The lowest BCUT2D eigenvalue weighted by atomic mass is 10.2. The van der Waals surface area contributed by atoms with Crippen LogP contribution < -0.4 is 0 Å². The van der Waals surface area contributed by atoms with Crippen LogP contribution in [0.25, 0.3) is 10.1 Å². The maximum atomic E-state index is 13.1. The van der Waals surface area contributed by atoms with E-state index in [1.807, 2.05) is 0 Å². The van der Waals surface area contributed by atoms with Crippen molar-refractivity contribution in [3.63, 3.8) is 0 Å². The van der Waals surface area contributed by atoms with Gasteiger partial charge in [-0.2, -0.15) is 13.2 Å². The smallest absolute Gasteiger partial charge is 0.382 e. The van der Waals surface area contributed by atoms with Gasteiger partial charge in [-0.05, 0) is 29.7 Å². The second-order valence-electron chi connectivity index (χ2n) is 4.30. The number of thiazole rings is 1. The Bertz CT molecular complexity index is 793. The number of thiophene rings is 1. The molecule has 2 aromatic heterocycles. The summed E-state index contributed by atoms with van der Waals surface area (Å²) in [5.74, 6) is -0.404. The fourth-order valence-electron chi connectivity index (χ4n) is 1.85. The van der Waals surface area contributed by atoms with Crippen molar-refractivity contribution in [2.45, 2.75) is 12.3 Å². The van der Waals surface area contributed by atoms with Gasteiger partial charge in [-0.1, -0.05) is 0 Å². The van der Waals surface area contributed by atoms with Gasteiger partial charge in [-0.15, -0.1) is 22.7 Å². The van der Waals surface area contributed by atoms with Gasteiger partial charge in [0.25, 0.3) is 0 Å². The molecule has 0 aliphatic rings. The largest absolute Gasteiger partial charge is 0.443 e. The summed E-state index contributed by atoms with van der Waals surface area (Å²) in [6.07, 6.45) is -4.70. The second-order valence-corrected chi connectivity index (χ2v) is 6.48. The molecule has 1 aromatic carbocycles. The van der Waals surface area contributed by atoms with E-state index in [4.69, 9.17) is 0 Å². The van der Waals surface area contributed by atoms with Crippen molar-refractivity contribution in [1.82, 2.24) is 4.98 Å². The average molecular weight is 333 g/mol. The Morgan fingerprint density at radius 2 is 1.86 bits per heavy atom. The molecule has 0 bridgehead atoms. The minimum atomic E-state index is -4.52. The summed E-state index contributed by atoms with van der Waals surface area (Å²) in [5.41, 5.74) is 0. The quantitative estimate of drug-likeness (QED) is 0.696. The van der Waals surface area contributed by atoms with Crippen molar-refractivity contribution in [1.29, 1.82) is 0 Å². The molecule has 1 N–H and O–H groups in total. The third-order valence-corrected chi connectivity index (χ3v) is 5.07. The molecule has 1 atom stereocenters. The van der Waals surface area contributed by atoms with E-state index in [1.54, 1.807) is 12.1 Å². The van der Waals surface area contributed by atoms with Gasteiger partial charge in [0.15, 0.2) is 5.01 Å². The molecule has 0 spiro atoms. The molecule has 0 amide bonds. The van der Waals surface area contributed by atoms with E-state index in [2.05, 4.69) is 4.98 Å². The van der Waals surface area contributed by atoms with E-state index in [0.29, 0.717) is 21.6 Å². The fourth-order valence-corrected chi connectivity index (χ4v) is 3.77. The van der Waals surface area contributed by atoms with Gasteiger partial charge in [0.2, 0.25) is 0 Å². The van der Waals surface area contributed by atoms with Crippen LogP contribution in [0.3, 0.4) is 0 Å². The van der Waals surface area contributed by atoms with Crippen molar-refractivity contribution in [2.75, 3.05) is 0 Å². The summed E-state index contributed by atoms with van der Waals surface area (Å²) in [6, 6.07) is 5.75. The fraction of sp³-hybridized carbons (Fsp3) is 0.154. The van der Waals surface area contributed by atoms with Crippen LogP contribution in [0.1, 0.15) is 20.9 Å². The van der Waals surface area contributed by atoms with Crippen LogP contribution in [0, 0.1) is 5.82 Å². The van der Waals surface area contributed by atoms with Gasteiger partial charge in [0, 0.05) is 15.8 Å². The Hall–Kier alpha value is -1.51. The zero-order valence-corrected chi connectivity index (χ0v) is 11.8. The molecule has 0 fully saturated rings. The molecule has 21 heavy (non-hydrogen) atoms. The highest BCUT2D eigenvalue weighted by atomic mass is 32.1. The number of aliphatic hydroxyl groups is 1. The third-order valence-electron chi connectivity index (χ3n) is 2.80. The van der Waals surface area contributed by atoms with Gasteiger partial charge in [-0.3, -0.25) is 0 Å². The van der Waals surface area contributed by atoms with Crippen molar-refractivity contribution in [3.8, 4) is 0 Å². The Balaban J connectivity index is 1.96. The average Bonchev–Trinajstić information content (AvgIpc) is 3.03. The summed E-state index contributed by atoms with van der Waals surface area (Å²) >= 11 is 1.61.